The highest BCUT2D eigenvalue weighted by atomic mass is 19.1. The topological polar surface area (TPSA) is 68.0 Å². The van der Waals surface area contributed by atoms with Crippen LogP contribution in [0.1, 0.15) is 16.2 Å². The van der Waals surface area contributed by atoms with Crippen molar-refractivity contribution in [1.82, 2.24) is 15.5 Å². The van der Waals surface area contributed by atoms with E-state index >= 15 is 0 Å². The van der Waals surface area contributed by atoms with Crippen molar-refractivity contribution in [2.75, 3.05) is 0 Å². The number of carbonyl (C=O) groups excluding carboxylic acids is 1. The van der Waals surface area contributed by atoms with Gasteiger partial charge in [0.2, 0.25) is 5.89 Å². The van der Waals surface area contributed by atoms with Gasteiger partial charge in [-0.05, 0) is 42.0 Å². The molecule has 0 radical (unpaired) electrons. The summed E-state index contributed by atoms with van der Waals surface area (Å²) in [6, 6.07) is 11.2. The monoisotopic (exact) mass is 315 g/mol. The van der Waals surface area contributed by atoms with Crippen LogP contribution in [0, 0.1) is 11.6 Å². The fourth-order valence-corrected chi connectivity index (χ4v) is 1.88. The minimum atomic E-state index is -0.546. The summed E-state index contributed by atoms with van der Waals surface area (Å²) in [7, 11) is 0. The second-order valence-corrected chi connectivity index (χ2v) is 4.73. The van der Waals surface area contributed by atoms with Crippen molar-refractivity contribution in [1.29, 1.82) is 0 Å². The molecule has 3 aromatic rings. The van der Waals surface area contributed by atoms with Gasteiger partial charge in [0, 0.05) is 12.1 Å². The highest BCUT2D eigenvalue weighted by Gasteiger charge is 2.15. The van der Waals surface area contributed by atoms with E-state index in [0.29, 0.717) is 5.56 Å². The molecule has 0 bridgehead atoms. The third kappa shape index (κ3) is 3.57. The largest absolute Gasteiger partial charge is 0.412 e. The van der Waals surface area contributed by atoms with Gasteiger partial charge in [-0.3, -0.25) is 4.79 Å². The first-order valence-electron chi connectivity index (χ1n) is 6.74. The van der Waals surface area contributed by atoms with E-state index in [-0.39, 0.29) is 30.0 Å². The van der Waals surface area contributed by atoms with Crippen LogP contribution >= 0.6 is 0 Å². The molecule has 0 aliphatic carbocycles. The van der Waals surface area contributed by atoms with Crippen molar-refractivity contribution in [3.63, 3.8) is 0 Å². The lowest BCUT2D eigenvalue weighted by Crippen LogP contribution is -2.23. The van der Waals surface area contributed by atoms with Crippen LogP contribution in [-0.2, 0) is 6.54 Å². The predicted molar refractivity (Wildman–Crippen MR) is 77.3 cm³/mol. The molecule has 3 rings (SSSR count). The van der Waals surface area contributed by atoms with Crippen LogP contribution in [0.15, 0.2) is 52.9 Å². The van der Waals surface area contributed by atoms with Crippen LogP contribution in [0.4, 0.5) is 8.78 Å². The summed E-state index contributed by atoms with van der Waals surface area (Å²) >= 11 is 0. The minimum Gasteiger partial charge on any atom is -0.412 e. The van der Waals surface area contributed by atoms with Gasteiger partial charge in [0.1, 0.15) is 11.6 Å². The average molecular weight is 315 g/mol. The summed E-state index contributed by atoms with van der Waals surface area (Å²) < 4.78 is 30.9. The molecule has 0 aliphatic heterocycles. The van der Waals surface area contributed by atoms with Crippen molar-refractivity contribution in [3.8, 4) is 11.5 Å². The second-order valence-electron chi connectivity index (χ2n) is 4.73. The van der Waals surface area contributed by atoms with Gasteiger partial charge in [0.15, 0.2) is 0 Å². The predicted octanol–water partition coefficient (Wildman–Crippen LogP) is 2.94. The second kappa shape index (κ2) is 6.35. The lowest BCUT2D eigenvalue weighted by Gasteiger charge is -2.02. The molecule has 0 atom stereocenters. The third-order valence-corrected chi connectivity index (χ3v) is 3.08. The molecule has 1 aromatic heterocycles. The Kier molecular flexibility index (Phi) is 4.09. The molecule has 1 N–H and O–H groups in total. The Bertz CT molecular complexity index is 814. The maximum absolute atomic E-state index is 12.9. The molecule has 1 heterocycles. The zero-order valence-corrected chi connectivity index (χ0v) is 11.8. The Morgan fingerprint density at radius 1 is 0.957 bits per heavy atom. The Balaban J connectivity index is 1.66. The third-order valence-electron chi connectivity index (χ3n) is 3.08. The van der Waals surface area contributed by atoms with E-state index in [1.54, 1.807) is 12.1 Å². The molecule has 7 heteroatoms. The Morgan fingerprint density at radius 2 is 1.57 bits per heavy atom. The number of benzene rings is 2. The highest BCUT2D eigenvalue weighted by molar-refractivity contribution is 5.89. The molecule has 116 valence electrons. The van der Waals surface area contributed by atoms with Crippen LogP contribution in [-0.4, -0.2) is 16.1 Å². The van der Waals surface area contributed by atoms with Gasteiger partial charge in [-0.2, -0.15) is 0 Å². The van der Waals surface area contributed by atoms with Gasteiger partial charge >= 0.3 is 11.8 Å². The molecule has 2 aromatic carbocycles. The van der Waals surface area contributed by atoms with E-state index in [2.05, 4.69) is 15.5 Å². The van der Waals surface area contributed by atoms with Gasteiger partial charge in [0.25, 0.3) is 0 Å². The summed E-state index contributed by atoms with van der Waals surface area (Å²) in [4.78, 5) is 11.9. The van der Waals surface area contributed by atoms with Crippen LogP contribution < -0.4 is 5.32 Å². The van der Waals surface area contributed by atoms with E-state index in [9.17, 15) is 13.6 Å². The zero-order valence-electron chi connectivity index (χ0n) is 11.8. The van der Waals surface area contributed by atoms with Gasteiger partial charge in [-0.1, -0.05) is 12.1 Å². The number of hydrogen-bond donors (Lipinski definition) is 1. The number of nitrogens with zero attached hydrogens (tertiary/aromatic N) is 2. The first kappa shape index (κ1) is 14.8. The fraction of sp³-hybridized carbons (Fsp3) is 0.0625. The molecule has 5 nitrogen and oxygen atoms in total. The van der Waals surface area contributed by atoms with Crippen LogP contribution in [0.25, 0.3) is 11.5 Å². The number of carbonyl (C=O) groups is 1. The normalized spacial score (nSPS) is 10.5. The Hall–Kier alpha value is -3.09. The van der Waals surface area contributed by atoms with E-state index in [0.717, 1.165) is 5.56 Å². The maximum atomic E-state index is 12.9. The van der Waals surface area contributed by atoms with Crippen molar-refractivity contribution in [2.24, 2.45) is 0 Å². The first-order valence-corrected chi connectivity index (χ1v) is 6.74. The summed E-state index contributed by atoms with van der Waals surface area (Å²) in [5.41, 5.74) is 1.24. The van der Waals surface area contributed by atoms with Crippen molar-refractivity contribution < 1.29 is 18.0 Å². The average Bonchev–Trinajstić information content (AvgIpc) is 3.05. The number of amides is 1. The number of aromatic nitrogens is 2. The SMILES string of the molecule is O=C(NCc1ccc(F)cc1)c1nnc(-c2ccc(F)cc2)o1. The lowest BCUT2D eigenvalue weighted by atomic mass is 10.2. The number of rotatable bonds is 4. The molecule has 0 fully saturated rings. The van der Waals surface area contributed by atoms with Crippen LogP contribution in [0.2, 0.25) is 0 Å². The van der Waals surface area contributed by atoms with Crippen molar-refractivity contribution in [3.05, 3.63) is 71.6 Å². The van der Waals surface area contributed by atoms with Gasteiger partial charge in [-0.15, -0.1) is 10.2 Å². The van der Waals surface area contributed by atoms with E-state index < -0.39 is 5.91 Å². The number of hydrogen-bond acceptors (Lipinski definition) is 4. The lowest BCUT2D eigenvalue weighted by molar-refractivity contribution is 0.0917. The maximum Gasteiger partial charge on any atom is 0.309 e. The van der Waals surface area contributed by atoms with Crippen LogP contribution in [0.3, 0.4) is 0 Å². The molecule has 0 spiro atoms. The standard InChI is InChI=1S/C16H11F2N3O2/c17-12-5-1-10(2-6-12)9-19-14(22)16-21-20-15(23-16)11-3-7-13(18)8-4-11/h1-8H,9H2,(H,19,22). The molecular formula is C16H11F2N3O2. The molecule has 1 amide bonds. The first-order chi connectivity index (χ1) is 11.1. The molecule has 0 saturated carbocycles. The molecule has 23 heavy (non-hydrogen) atoms. The Labute approximate surface area is 130 Å². The van der Waals surface area contributed by atoms with Crippen LogP contribution in [0.5, 0.6) is 0 Å². The number of nitrogens with one attached hydrogen (secondary N) is 1. The van der Waals surface area contributed by atoms with Gasteiger partial charge in [-0.25, -0.2) is 8.78 Å². The van der Waals surface area contributed by atoms with E-state index in [1.807, 2.05) is 0 Å². The molecule has 0 saturated heterocycles. The van der Waals surface area contributed by atoms with E-state index in [4.69, 9.17) is 4.42 Å². The summed E-state index contributed by atoms with van der Waals surface area (Å²) in [6.45, 7) is 0.202. The van der Waals surface area contributed by atoms with Crippen molar-refractivity contribution >= 4 is 5.91 Å². The summed E-state index contributed by atoms with van der Waals surface area (Å²) in [5, 5.41) is 10.0. The summed E-state index contributed by atoms with van der Waals surface area (Å²) in [6.07, 6.45) is 0. The minimum absolute atomic E-state index is 0.122. The van der Waals surface area contributed by atoms with Gasteiger partial charge < -0.3 is 9.73 Å². The molecular weight excluding hydrogens is 304 g/mol. The van der Waals surface area contributed by atoms with Crippen molar-refractivity contribution in [2.45, 2.75) is 6.54 Å². The quantitative estimate of drug-likeness (QED) is 0.804. The number of halogens is 2. The fourth-order valence-electron chi connectivity index (χ4n) is 1.88. The van der Waals surface area contributed by atoms with E-state index in [1.165, 1.54) is 36.4 Å². The Morgan fingerprint density at radius 3 is 2.22 bits per heavy atom. The molecule has 0 unspecified atom stereocenters. The summed E-state index contributed by atoms with van der Waals surface area (Å²) in [5.74, 6) is -1.36. The van der Waals surface area contributed by atoms with Gasteiger partial charge in [0.05, 0.1) is 0 Å². The smallest absolute Gasteiger partial charge is 0.309 e. The zero-order chi connectivity index (χ0) is 16.2. The highest BCUT2D eigenvalue weighted by Crippen LogP contribution is 2.18. The molecule has 0 aliphatic rings.